The Hall–Kier alpha value is -2.60. The van der Waals surface area contributed by atoms with Crippen LogP contribution in [0.5, 0.6) is 5.75 Å². The molecule has 0 atom stereocenters. The van der Waals surface area contributed by atoms with Crippen LogP contribution in [0.15, 0.2) is 75.3 Å². The first-order valence-corrected chi connectivity index (χ1v) is 8.00. The number of hydrogen-bond donors (Lipinski definition) is 0. The summed E-state index contributed by atoms with van der Waals surface area (Å²) in [7, 11) is -2.16. The molecule has 1 heterocycles. The van der Waals surface area contributed by atoms with Crippen LogP contribution >= 0.6 is 0 Å². The molecule has 22 heavy (non-hydrogen) atoms. The highest BCUT2D eigenvalue weighted by Gasteiger charge is 2.23. The number of aromatic nitrogens is 1. The molecule has 0 amide bonds. The van der Waals surface area contributed by atoms with Crippen molar-refractivity contribution < 1.29 is 17.6 Å². The van der Waals surface area contributed by atoms with Crippen molar-refractivity contribution in [2.45, 2.75) is 10.1 Å². The van der Waals surface area contributed by atoms with Crippen LogP contribution in [-0.4, -0.2) is 20.5 Å². The van der Waals surface area contributed by atoms with E-state index >= 15 is 0 Å². The highest BCUT2D eigenvalue weighted by Crippen LogP contribution is 2.27. The Labute approximate surface area is 128 Å². The van der Waals surface area contributed by atoms with Crippen LogP contribution in [0.2, 0.25) is 0 Å². The average Bonchev–Trinajstić information content (AvgIpc) is 3.06. The lowest BCUT2D eigenvalue weighted by atomic mass is 10.2. The van der Waals surface area contributed by atoms with Gasteiger partial charge in [-0.2, -0.15) is 0 Å². The van der Waals surface area contributed by atoms with Gasteiger partial charge in [0.1, 0.15) is 5.75 Å². The van der Waals surface area contributed by atoms with Gasteiger partial charge in [0.05, 0.1) is 18.2 Å². The zero-order chi connectivity index (χ0) is 15.6. The second-order valence-electron chi connectivity index (χ2n) is 4.54. The van der Waals surface area contributed by atoms with E-state index < -0.39 is 9.84 Å². The van der Waals surface area contributed by atoms with Gasteiger partial charge in [0.2, 0.25) is 0 Å². The summed E-state index contributed by atoms with van der Waals surface area (Å²) in [5, 5.41) is -0.315. The average molecular weight is 315 g/mol. The molecule has 0 fully saturated rings. The van der Waals surface area contributed by atoms with Crippen molar-refractivity contribution in [1.29, 1.82) is 0 Å². The highest BCUT2D eigenvalue weighted by molar-refractivity contribution is 7.91. The van der Waals surface area contributed by atoms with E-state index in [1.807, 2.05) is 0 Å². The van der Waals surface area contributed by atoms with E-state index in [1.54, 1.807) is 49.6 Å². The van der Waals surface area contributed by atoms with E-state index in [2.05, 4.69) is 4.98 Å². The Morgan fingerprint density at radius 2 is 1.68 bits per heavy atom. The highest BCUT2D eigenvalue weighted by atomic mass is 32.2. The molecule has 6 heteroatoms. The maximum atomic E-state index is 12.4. The molecule has 0 aliphatic heterocycles. The first-order chi connectivity index (χ1) is 10.6. The van der Waals surface area contributed by atoms with E-state index in [4.69, 9.17) is 9.15 Å². The summed E-state index contributed by atoms with van der Waals surface area (Å²) in [6.45, 7) is 0. The quantitative estimate of drug-likeness (QED) is 0.739. The third kappa shape index (κ3) is 2.60. The first-order valence-electron chi connectivity index (χ1n) is 6.51. The second kappa shape index (κ2) is 5.65. The molecule has 0 unspecified atom stereocenters. The maximum absolute atomic E-state index is 12.4. The van der Waals surface area contributed by atoms with Crippen LogP contribution in [0.1, 0.15) is 0 Å². The summed E-state index contributed by atoms with van der Waals surface area (Å²) in [4.78, 5) is 4.05. The van der Waals surface area contributed by atoms with Crippen LogP contribution in [0.25, 0.3) is 11.3 Å². The van der Waals surface area contributed by atoms with Crippen LogP contribution in [0.4, 0.5) is 0 Å². The van der Waals surface area contributed by atoms with E-state index in [-0.39, 0.29) is 10.1 Å². The molecule has 3 aromatic rings. The third-order valence-corrected chi connectivity index (χ3v) is 4.68. The standard InChI is InChI=1S/C16H13NO4S/c1-20-13-9-7-12(8-10-13)15-11-17-16(21-15)22(18,19)14-5-3-2-4-6-14/h2-11H,1H3. The lowest BCUT2D eigenvalue weighted by Crippen LogP contribution is -2.01. The summed E-state index contributed by atoms with van der Waals surface area (Å²) in [6.07, 6.45) is 1.40. The smallest absolute Gasteiger partial charge is 0.320 e. The summed E-state index contributed by atoms with van der Waals surface area (Å²) in [6, 6.07) is 15.2. The van der Waals surface area contributed by atoms with Gasteiger partial charge in [-0.1, -0.05) is 18.2 Å². The number of oxazole rings is 1. The predicted octanol–water partition coefficient (Wildman–Crippen LogP) is 3.18. The third-order valence-electron chi connectivity index (χ3n) is 3.14. The summed E-state index contributed by atoms with van der Waals surface area (Å²) in [5.41, 5.74) is 0.725. The topological polar surface area (TPSA) is 69.4 Å². The minimum absolute atomic E-state index is 0.151. The molecule has 0 saturated heterocycles. The SMILES string of the molecule is COc1ccc(-c2cnc(S(=O)(=O)c3ccccc3)o2)cc1. The lowest BCUT2D eigenvalue weighted by molar-refractivity contribution is 0.414. The van der Waals surface area contributed by atoms with E-state index in [0.29, 0.717) is 11.5 Å². The molecule has 112 valence electrons. The molecule has 0 saturated carbocycles. The van der Waals surface area contributed by atoms with Crippen molar-refractivity contribution in [3.63, 3.8) is 0 Å². The Morgan fingerprint density at radius 1 is 1.00 bits per heavy atom. The van der Waals surface area contributed by atoms with E-state index in [0.717, 1.165) is 5.56 Å². The Balaban J connectivity index is 1.96. The Bertz CT molecular complexity index is 868. The van der Waals surface area contributed by atoms with Crippen LogP contribution < -0.4 is 4.74 Å². The molecule has 5 nitrogen and oxygen atoms in total. The molecule has 0 aliphatic carbocycles. The van der Waals surface area contributed by atoms with Gasteiger partial charge in [0.25, 0.3) is 9.84 Å². The minimum Gasteiger partial charge on any atom is -0.497 e. The van der Waals surface area contributed by atoms with Crippen molar-refractivity contribution in [1.82, 2.24) is 4.98 Å². The number of benzene rings is 2. The zero-order valence-corrected chi connectivity index (χ0v) is 12.6. The fourth-order valence-electron chi connectivity index (χ4n) is 1.97. The van der Waals surface area contributed by atoms with Crippen molar-refractivity contribution in [3.8, 4) is 17.1 Å². The van der Waals surface area contributed by atoms with Crippen LogP contribution in [-0.2, 0) is 9.84 Å². The summed E-state index contributed by atoms with van der Waals surface area (Å²) in [5.74, 6) is 1.09. The number of sulfone groups is 1. The molecule has 0 N–H and O–H groups in total. The van der Waals surface area contributed by atoms with Crippen molar-refractivity contribution in [3.05, 3.63) is 60.8 Å². The maximum Gasteiger partial charge on any atom is 0.320 e. The molecular formula is C16H13NO4S. The molecule has 3 rings (SSSR count). The van der Waals surface area contributed by atoms with Gasteiger partial charge < -0.3 is 9.15 Å². The van der Waals surface area contributed by atoms with Gasteiger partial charge in [-0.15, -0.1) is 0 Å². The molecule has 0 bridgehead atoms. The molecule has 2 aromatic carbocycles. The second-order valence-corrected chi connectivity index (χ2v) is 6.36. The molecule has 0 aliphatic rings. The number of ether oxygens (including phenoxy) is 1. The first kappa shape index (κ1) is 14.3. The van der Waals surface area contributed by atoms with Gasteiger partial charge in [-0.3, -0.25) is 0 Å². The van der Waals surface area contributed by atoms with Crippen LogP contribution in [0, 0.1) is 0 Å². The van der Waals surface area contributed by atoms with Gasteiger partial charge in [-0.25, -0.2) is 13.4 Å². The predicted molar refractivity (Wildman–Crippen MR) is 80.4 cm³/mol. The Kier molecular flexibility index (Phi) is 3.68. The van der Waals surface area contributed by atoms with Crippen molar-refractivity contribution in [2.24, 2.45) is 0 Å². The van der Waals surface area contributed by atoms with Gasteiger partial charge in [0, 0.05) is 5.56 Å². The largest absolute Gasteiger partial charge is 0.497 e. The van der Waals surface area contributed by atoms with E-state index in [9.17, 15) is 8.42 Å². The monoisotopic (exact) mass is 315 g/mol. The zero-order valence-electron chi connectivity index (χ0n) is 11.8. The lowest BCUT2D eigenvalue weighted by Gasteiger charge is -2.01. The fraction of sp³-hybridized carbons (Fsp3) is 0.0625. The summed E-state index contributed by atoms with van der Waals surface area (Å²) >= 11 is 0. The number of rotatable bonds is 4. The van der Waals surface area contributed by atoms with Crippen molar-refractivity contribution in [2.75, 3.05) is 7.11 Å². The fourth-order valence-corrected chi connectivity index (χ4v) is 3.08. The number of hydrogen-bond acceptors (Lipinski definition) is 5. The van der Waals surface area contributed by atoms with Crippen molar-refractivity contribution >= 4 is 9.84 Å². The Morgan fingerprint density at radius 3 is 2.32 bits per heavy atom. The van der Waals surface area contributed by atoms with Gasteiger partial charge >= 0.3 is 5.22 Å². The molecular weight excluding hydrogens is 302 g/mol. The molecule has 0 radical (unpaired) electrons. The summed E-state index contributed by atoms with van der Waals surface area (Å²) < 4.78 is 35.3. The number of methoxy groups -OCH3 is 1. The van der Waals surface area contributed by atoms with Gasteiger partial charge in [-0.05, 0) is 36.4 Å². The van der Waals surface area contributed by atoms with Gasteiger partial charge in [0.15, 0.2) is 5.76 Å². The van der Waals surface area contributed by atoms with E-state index in [1.165, 1.54) is 18.3 Å². The van der Waals surface area contributed by atoms with Crippen LogP contribution in [0.3, 0.4) is 0 Å². The number of nitrogens with zero attached hydrogens (tertiary/aromatic N) is 1. The molecule has 1 aromatic heterocycles. The normalized spacial score (nSPS) is 11.3. The molecule has 0 spiro atoms. The minimum atomic E-state index is -3.74.